The molecule has 0 aliphatic rings. The van der Waals surface area contributed by atoms with Crippen LogP contribution >= 0.6 is 0 Å². The summed E-state index contributed by atoms with van der Waals surface area (Å²) >= 11 is 0. The van der Waals surface area contributed by atoms with Gasteiger partial charge in [-0.15, -0.1) is 0 Å². The third-order valence-electron chi connectivity index (χ3n) is 3.74. The molecule has 2 N–H and O–H groups in total. The van der Waals surface area contributed by atoms with E-state index in [1.165, 1.54) is 6.07 Å². The van der Waals surface area contributed by atoms with Crippen molar-refractivity contribution in [1.29, 1.82) is 5.26 Å². The first kappa shape index (κ1) is 14.2. The van der Waals surface area contributed by atoms with Crippen molar-refractivity contribution in [1.82, 2.24) is 9.78 Å². The fraction of sp³-hybridized carbons (Fsp3) is 0.176. The van der Waals surface area contributed by atoms with E-state index in [-0.39, 0.29) is 12.2 Å². The highest BCUT2D eigenvalue weighted by atomic mass is 19.1. The van der Waals surface area contributed by atoms with Crippen LogP contribution in [0.2, 0.25) is 0 Å². The van der Waals surface area contributed by atoms with E-state index in [0.717, 1.165) is 22.0 Å². The first-order valence-electron chi connectivity index (χ1n) is 6.94. The van der Waals surface area contributed by atoms with Crippen LogP contribution < -0.4 is 5.73 Å². The lowest BCUT2D eigenvalue weighted by molar-refractivity contribution is 0.604. The summed E-state index contributed by atoms with van der Waals surface area (Å²) in [6.45, 7) is 0. The van der Waals surface area contributed by atoms with E-state index >= 15 is 0 Å². The summed E-state index contributed by atoms with van der Waals surface area (Å²) in [7, 11) is 1.87. The van der Waals surface area contributed by atoms with E-state index < -0.39 is 6.04 Å². The van der Waals surface area contributed by atoms with Gasteiger partial charge in [-0.3, -0.25) is 4.68 Å². The van der Waals surface area contributed by atoms with E-state index in [0.29, 0.717) is 5.56 Å². The van der Waals surface area contributed by atoms with Gasteiger partial charge in [-0.2, -0.15) is 10.4 Å². The number of fused-ring (bicyclic) bond motifs is 1. The molecule has 5 heteroatoms. The summed E-state index contributed by atoms with van der Waals surface area (Å²) in [6.07, 6.45) is 2.01. The molecular formula is C17H15FN4. The van der Waals surface area contributed by atoms with Gasteiger partial charge < -0.3 is 5.73 Å². The molecule has 3 rings (SSSR count). The number of aryl methyl sites for hydroxylation is 1. The molecule has 0 unspecified atom stereocenters. The molecule has 0 amide bonds. The van der Waals surface area contributed by atoms with Gasteiger partial charge in [0.1, 0.15) is 5.82 Å². The Morgan fingerprint density at radius 3 is 2.73 bits per heavy atom. The van der Waals surface area contributed by atoms with Crippen LogP contribution in [0.5, 0.6) is 0 Å². The lowest BCUT2D eigenvalue weighted by Crippen LogP contribution is -2.20. The highest BCUT2D eigenvalue weighted by Crippen LogP contribution is 2.26. The molecule has 2 aromatic carbocycles. The Morgan fingerprint density at radius 1 is 1.27 bits per heavy atom. The second-order valence-electron chi connectivity index (χ2n) is 5.29. The van der Waals surface area contributed by atoms with Crippen LogP contribution in [0.1, 0.15) is 5.56 Å². The van der Waals surface area contributed by atoms with Crippen molar-refractivity contribution in [3.05, 3.63) is 54.0 Å². The van der Waals surface area contributed by atoms with Crippen LogP contribution in [0.3, 0.4) is 0 Å². The molecule has 1 heterocycles. The van der Waals surface area contributed by atoms with E-state index in [1.807, 2.05) is 37.4 Å². The van der Waals surface area contributed by atoms with Crippen molar-refractivity contribution in [2.75, 3.05) is 0 Å². The van der Waals surface area contributed by atoms with E-state index in [9.17, 15) is 4.39 Å². The van der Waals surface area contributed by atoms with Crippen LogP contribution in [0.25, 0.3) is 22.0 Å². The number of nitriles is 1. The Bertz CT molecular complexity index is 876. The summed E-state index contributed by atoms with van der Waals surface area (Å²) < 4.78 is 16.0. The molecule has 0 spiro atoms. The molecule has 3 aromatic rings. The molecule has 1 aromatic heterocycles. The maximum atomic E-state index is 14.2. The van der Waals surface area contributed by atoms with Gasteiger partial charge in [0.05, 0.1) is 23.8 Å². The first-order valence-corrected chi connectivity index (χ1v) is 6.94. The third-order valence-corrected chi connectivity index (χ3v) is 3.74. The molecule has 0 saturated carbocycles. The monoisotopic (exact) mass is 294 g/mol. The number of hydrogen-bond donors (Lipinski definition) is 1. The molecule has 110 valence electrons. The average molecular weight is 294 g/mol. The second kappa shape index (κ2) is 5.58. The molecule has 22 heavy (non-hydrogen) atoms. The maximum absolute atomic E-state index is 14.2. The third kappa shape index (κ3) is 2.57. The topological polar surface area (TPSA) is 67.6 Å². The van der Waals surface area contributed by atoms with Gasteiger partial charge in [-0.1, -0.05) is 24.3 Å². The van der Waals surface area contributed by atoms with Gasteiger partial charge in [0.15, 0.2) is 0 Å². The quantitative estimate of drug-likeness (QED) is 0.807. The Hall–Kier alpha value is -2.71. The second-order valence-corrected chi connectivity index (χ2v) is 5.29. The van der Waals surface area contributed by atoms with Gasteiger partial charge in [0, 0.05) is 18.9 Å². The molecule has 0 aliphatic carbocycles. The smallest absolute Gasteiger partial charge is 0.127 e. The molecule has 4 nitrogen and oxygen atoms in total. The van der Waals surface area contributed by atoms with Gasteiger partial charge >= 0.3 is 0 Å². The maximum Gasteiger partial charge on any atom is 0.127 e. The molecular weight excluding hydrogens is 279 g/mol. The van der Waals surface area contributed by atoms with Crippen molar-refractivity contribution in [2.24, 2.45) is 12.8 Å². The van der Waals surface area contributed by atoms with Crippen molar-refractivity contribution < 1.29 is 4.39 Å². The van der Waals surface area contributed by atoms with Crippen LogP contribution in [0.4, 0.5) is 4.39 Å². The van der Waals surface area contributed by atoms with Crippen LogP contribution in [0, 0.1) is 17.1 Å². The predicted octanol–water partition coefficient (Wildman–Crippen LogP) is 2.77. The number of hydrogen-bond acceptors (Lipinski definition) is 3. The summed E-state index contributed by atoms with van der Waals surface area (Å²) in [4.78, 5) is 0. The zero-order valence-corrected chi connectivity index (χ0v) is 12.1. The van der Waals surface area contributed by atoms with Crippen molar-refractivity contribution in [2.45, 2.75) is 12.5 Å². The molecule has 0 saturated heterocycles. The highest BCUT2D eigenvalue weighted by molar-refractivity contribution is 5.84. The standard InChI is InChI=1S/C17H15FN4/c1-22-17-8-12(3-5-14(17)10-21-22)11-2-4-13(16(18)7-11)6-15(20)9-19/h2-5,7-8,10,15H,6,20H2,1H3/t15-/m0/s1. The number of rotatable bonds is 3. The summed E-state index contributed by atoms with van der Waals surface area (Å²) in [5, 5.41) is 14.0. The van der Waals surface area contributed by atoms with E-state index in [2.05, 4.69) is 5.10 Å². The lowest BCUT2D eigenvalue weighted by Gasteiger charge is -2.08. The molecule has 0 radical (unpaired) electrons. The molecule has 0 fully saturated rings. The minimum absolute atomic E-state index is 0.212. The summed E-state index contributed by atoms with van der Waals surface area (Å²) in [6, 6.07) is 12.1. The molecule has 0 bridgehead atoms. The van der Waals surface area contributed by atoms with Crippen LogP contribution in [-0.4, -0.2) is 15.8 Å². The Balaban J connectivity index is 1.98. The average Bonchev–Trinajstić information content (AvgIpc) is 2.90. The Morgan fingerprint density at radius 2 is 2.00 bits per heavy atom. The van der Waals surface area contributed by atoms with E-state index in [1.54, 1.807) is 16.9 Å². The number of nitrogens with two attached hydrogens (primary N) is 1. The Labute approximate surface area is 127 Å². The lowest BCUT2D eigenvalue weighted by atomic mass is 10.00. The minimum atomic E-state index is -0.689. The van der Waals surface area contributed by atoms with Crippen molar-refractivity contribution in [3.63, 3.8) is 0 Å². The van der Waals surface area contributed by atoms with Gasteiger partial charge in [0.2, 0.25) is 0 Å². The van der Waals surface area contributed by atoms with Crippen LogP contribution in [-0.2, 0) is 13.5 Å². The summed E-state index contributed by atoms with van der Waals surface area (Å²) in [5.41, 5.74) is 8.71. The summed E-state index contributed by atoms with van der Waals surface area (Å²) in [5.74, 6) is -0.340. The minimum Gasteiger partial charge on any atom is -0.316 e. The van der Waals surface area contributed by atoms with Gasteiger partial charge in [-0.05, 0) is 28.8 Å². The number of nitrogens with zero attached hydrogens (tertiary/aromatic N) is 3. The normalized spacial score (nSPS) is 12.3. The van der Waals surface area contributed by atoms with Gasteiger partial charge in [0.25, 0.3) is 0 Å². The SMILES string of the molecule is Cn1ncc2ccc(-c3ccc(C[C@H](N)C#N)c(F)c3)cc21. The Kier molecular flexibility index (Phi) is 3.61. The van der Waals surface area contributed by atoms with Crippen molar-refractivity contribution >= 4 is 10.9 Å². The number of benzene rings is 2. The van der Waals surface area contributed by atoms with Crippen LogP contribution in [0.15, 0.2) is 42.6 Å². The zero-order chi connectivity index (χ0) is 15.7. The van der Waals surface area contributed by atoms with Crippen molar-refractivity contribution in [3.8, 4) is 17.2 Å². The highest BCUT2D eigenvalue weighted by Gasteiger charge is 2.10. The first-order chi connectivity index (χ1) is 10.6. The van der Waals surface area contributed by atoms with E-state index in [4.69, 9.17) is 11.0 Å². The zero-order valence-electron chi connectivity index (χ0n) is 12.1. The predicted molar refractivity (Wildman–Crippen MR) is 83.4 cm³/mol. The molecule has 0 aliphatic heterocycles. The molecule has 1 atom stereocenters. The fourth-order valence-electron chi connectivity index (χ4n) is 2.50. The van der Waals surface area contributed by atoms with Gasteiger partial charge in [-0.25, -0.2) is 4.39 Å². The largest absolute Gasteiger partial charge is 0.316 e. The fourth-order valence-corrected chi connectivity index (χ4v) is 2.50. The number of halogens is 1. The number of aromatic nitrogens is 2.